The minimum absolute atomic E-state index is 0.0173. The Morgan fingerprint density at radius 2 is 2.21 bits per heavy atom. The Morgan fingerprint density at radius 3 is 2.74 bits per heavy atom. The largest absolute Gasteiger partial charge is 0.395 e. The second kappa shape index (κ2) is 8.39. The molecule has 0 radical (unpaired) electrons. The molecule has 0 fully saturated rings. The third-order valence-corrected chi connectivity index (χ3v) is 2.48. The van der Waals surface area contributed by atoms with Gasteiger partial charge in [-0.3, -0.25) is 4.79 Å². The highest BCUT2D eigenvalue weighted by molar-refractivity contribution is 5.92. The Morgan fingerprint density at radius 1 is 1.42 bits per heavy atom. The van der Waals surface area contributed by atoms with E-state index < -0.39 is 0 Å². The van der Waals surface area contributed by atoms with Crippen molar-refractivity contribution in [2.75, 3.05) is 44.9 Å². The topological polar surface area (TPSA) is 87.6 Å². The smallest absolute Gasteiger partial charge is 0.271 e. The summed E-state index contributed by atoms with van der Waals surface area (Å²) in [6, 6.07) is 3.33. The van der Waals surface area contributed by atoms with E-state index in [4.69, 9.17) is 9.84 Å². The van der Waals surface area contributed by atoms with Gasteiger partial charge in [0.2, 0.25) is 0 Å². The molecule has 0 unspecified atom stereocenters. The van der Waals surface area contributed by atoms with Gasteiger partial charge in [-0.15, -0.1) is 10.2 Å². The zero-order valence-corrected chi connectivity index (χ0v) is 11.3. The molecule has 0 saturated heterocycles. The fourth-order valence-corrected chi connectivity index (χ4v) is 1.53. The maximum absolute atomic E-state index is 11.5. The summed E-state index contributed by atoms with van der Waals surface area (Å²) in [4.78, 5) is 13.4. The summed E-state index contributed by atoms with van der Waals surface area (Å²) >= 11 is 0. The van der Waals surface area contributed by atoms with Crippen molar-refractivity contribution in [1.29, 1.82) is 0 Å². The normalized spacial score (nSPS) is 10.3. The maximum atomic E-state index is 11.5. The van der Waals surface area contributed by atoms with Crippen LogP contribution in [0.5, 0.6) is 0 Å². The van der Waals surface area contributed by atoms with Gasteiger partial charge < -0.3 is 20.1 Å². The third kappa shape index (κ3) is 4.80. The first-order valence-corrected chi connectivity index (χ1v) is 6.19. The lowest BCUT2D eigenvalue weighted by Gasteiger charge is -2.21. The predicted octanol–water partition coefficient (Wildman–Crippen LogP) is -0.329. The lowest BCUT2D eigenvalue weighted by atomic mass is 10.3. The molecule has 0 aliphatic rings. The van der Waals surface area contributed by atoms with Crippen molar-refractivity contribution in [2.45, 2.75) is 6.92 Å². The van der Waals surface area contributed by atoms with Gasteiger partial charge in [0, 0.05) is 26.7 Å². The van der Waals surface area contributed by atoms with Crippen molar-refractivity contribution >= 4 is 11.7 Å². The van der Waals surface area contributed by atoms with Gasteiger partial charge >= 0.3 is 0 Å². The molecule has 1 amide bonds. The van der Waals surface area contributed by atoms with Crippen LogP contribution < -0.4 is 10.2 Å². The third-order valence-electron chi connectivity index (χ3n) is 2.48. The zero-order valence-electron chi connectivity index (χ0n) is 11.3. The average Bonchev–Trinajstić information content (AvgIpc) is 2.44. The van der Waals surface area contributed by atoms with Gasteiger partial charge in [0.25, 0.3) is 5.91 Å². The van der Waals surface area contributed by atoms with E-state index in [1.54, 1.807) is 19.2 Å². The van der Waals surface area contributed by atoms with Gasteiger partial charge in [0.05, 0.1) is 13.2 Å². The van der Waals surface area contributed by atoms with Crippen LogP contribution in [0.25, 0.3) is 0 Å². The number of rotatable bonds is 8. The number of carbonyl (C=O) groups is 1. The highest BCUT2D eigenvalue weighted by atomic mass is 16.5. The standard InChI is InChI=1S/C12H20N4O3/c1-3-13-12(18)10-4-5-11(15-14-10)16(6-8-17)7-9-19-2/h4-5,17H,3,6-9H2,1-2H3,(H,13,18). The molecule has 1 aromatic rings. The van der Waals surface area contributed by atoms with E-state index in [2.05, 4.69) is 15.5 Å². The van der Waals surface area contributed by atoms with Crippen LogP contribution >= 0.6 is 0 Å². The molecule has 1 heterocycles. The molecule has 0 saturated carbocycles. The Bertz CT molecular complexity index is 383. The molecule has 2 N–H and O–H groups in total. The number of amides is 1. The first-order chi connectivity index (χ1) is 9.22. The molecular weight excluding hydrogens is 248 g/mol. The molecule has 0 atom stereocenters. The summed E-state index contributed by atoms with van der Waals surface area (Å²) in [5.41, 5.74) is 0.279. The van der Waals surface area contributed by atoms with Gasteiger partial charge in [0.15, 0.2) is 11.5 Å². The molecule has 1 aromatic heterocycles. The fraction of sp³-hybridized carbons (Fsp3) is 0.583. The Kier molecular flexibility index (Phi) is 6.76. The lowest BCUT2D eigenvalue weighted by molar-refractivity contribution is 0.0950. The number of aromatic nitrogens is 2. The monoisotopic (exact) mass is 268 g/mol. The van der Waals surface area contributed by atoms with Gasteiger partial charge in [-0.1, -0.05) is 0 Å². The van der Waals surface area contributed by atoms with Crippen LogP contribution in [-0.2, 0) is 4.74 Å². The van der Waals surface area contributed by atoms with Crippen molar-refractivity contribution in [1.82, 2.24) is 15.5 Å². The van der Waals surface area contributed by atoms with E-state index in [0.717, 1.165) is 0 Å². The summed E-state index contributed by atoms with van der Waals surface area (Å²) in [5.74, 6) is 0.367. The van der Waals surface area contributed by atoms with E-state index in [-0.39, 0.29) is 18.2 Å². The predicted molar refractivity (Wildman–Crippen MR) is 71.2 cm³/mol. The fourth-order valence-electron chi connectivity index (χ4n) is 1.53. The summed E-state index contributed by atoms with van der Waals surface area (Å²) in [6.45, 7) is 3.98. The van der Waals surface area contributed by atoms with Crippen LogP contribution in [0.3, 0.4) is 0 Å². The van der Waals surface area contributed by atoms with Crippen molar-refractivity contribution < 1.29 is 14.6 Å². The van der Waals surface area contributed by atoms with Gasteiger partial charge in [-0.25, -0.2) is 0 Å². The molecule has 0 spiro atoms. The number of methoxy groups -OCH3 is 1. The van der Waals surface area contributed by atoms with E-state index in [1.807, 2.05) is 11.8 Å². The first kappa shape index (κ1) is 15.3. The Hall–Kier alpha value is -1.73. The second-order valence-electron chi connectivity index (χ2n) is 3.84. The summed E-state index contributed by atoms with van der Waals surface area (Å²) in [6.07, 6.45) is 0. The Balaban J connectivity index is 2.73. The number of ether oxygens (including phenoxy) is 1. The number of carbonyl (C=O) groups excluding carboxylic acids is 1. The van der Waals surface area contributed by atoms with Crippen LogP contribution in [0.4, 0.5) is 5.82 Å². The number of nitrogens with one attached hydrogen (secondary N) is 1. The van der Waals surface area contributed by atoms with Crippen molar-refractivity contribution in [3.8, 4) is 0 Å². The molecule has 0 aliphatic heterocycles. The molecule has 106 valence electrons. The summed E-state index contributed by atoms with van der Waals surface area (Å²) in [7, 11) is 1.61. The molecule has 0 aromatic carbocycles. The second-order valence-corrected chi connectivity index (χ2v) is 3.84. The summed E-state index contributed by atoms with van der Waals surface area (Å²) < 4.78 is 5.00. The molecule has 1 rings (SSSR count). The number of anilines is 1. The highest BCUT2D eigenvalue weighted by Gasteiger charge is 2.10. The van der Waals surface area contributed by atoms with E-state index >= 15 is 0 Å². The number of aliphatic hydroxyl groups excluding tert-OH is 1. The van der Waals surface area contributed by atoms with E-state index in [9.17, 15) is 4.79 Å². The molecule has 7 heteroatoms. The zero-order chi connectivity index (χ0) is 14.1. The van der Waals surface area contributed by atoms with E-state index in [1.165, 1.54) is 0 Å². The van der Waals surface area contributed by atoms with Crippen molar-refractivity contribution in [2.24, 2.45) is 0 Å². The molecule has 0 bridgehead atoms. The Labute approximate surface area is 112 Å². The minimum Gasteiger partial charge on any atom is -0.395 e. The van der Waals surface area contributed by atoms with Crippen molar-refractivity contribution in [3.05, 3.63) is 17.8 Å². The number of nitrogens with zero attached hydrogens (tertiary/aromatic N) is 3. The van der Waals surface area contributed by atoms with Crippen LogP contribution in [0.15, 0.2) is 12.1 Å². The highest BCUT2D eigenvalue weighted by Crippen LogP contribution is 2.09. The quantitative estimate of drug-likeness (QED) is 0.671. The van der Waals surface area contributed by atoms with E-state index in [0.29, 0.717) is 32.1 Å². The molecule has 0 aliphatic carbocycles. The van der Waals surface area contributed by atoms with Crippen LogP contribution in [-0.4, -0.2) is 61.2 Å². The first-order valence-electron chi connectivity index (χ1n) is 6.19. The van der Waals surface area contributed by atoms with Gasteiger partial charge in [-0.05, 0) is 19.1 Å². The maximum Gasteiger partial charge on any atom is 0.271 e. The average molecular weight is 268 g/mol. The number of hydrogen-bond donors (Lipinski definition) is 2. The summed E-state index contributed by atoms with van der Waals surface area (Å²) in [5, 5.41) is 19.6. The SMILES string of the molecule is CCNC(=O)c1ccc(N(CCO)CCOC)nn1. The van der Waals surface area contributed by atoms with Gasteiger partial charge in [-0.2, -0.15) is 0 Å². The van der Waals surface area contributed by atoms with Crippen LogP contribution in [0.1, 0.15) is 17.4 Å². The van der Waals surface area contributed by atoms with Crippen molar-refractivity contribution in [3.63, 3.8) is 0 Å². The molecule has 19 heavy (non-hydrogen) atoms. The minimum atomic E-state index is -0.243. The molecular formula is C12H20N4O3. The van der Waals surface area contributed by atoms with Gasteiger partial charge in [0.1, 0.15) is 0 Å². The number of aliphatic hydroxyl groups is 1. The molecule has 7 nitrogen and oxygen atoms in total. The number of hydrogen-bond acceptors (Lipinski definition) is 6. The van der Waals surface area contributed by atoms with Crippen LogP contribution in [0.2, 0.25) is 0 Å². The van der Waals surface area contributed by atoms with Crippen LogP contribution in [0, 0.1) is 0 Å². The lowest BCUT2D eigenvalue weighted by Crippen LogP contribution is -2.31.